The molecule has 0 aromatic heterocycles. The molecular weight excluding hydrogens is 154 g/mol. The molecule has 3 nitrogen and oxygen atoms in total. The molecule has 0 N–H and O–H groups in total. The largest absolute Gasteiger partial charge is 0.468 e. The van der Waals surface area contributed by atoms with Crippen LogP contribution in [0.4, 0.5) is 0 Å². The van der Waals surface area contributed by atoms with E-state index in [9.17, 15) is 4.79 Å². The molecular formula is C9H15NO2. The highest BCUT2D eigenvalue weighted by Gasteiger charge is 1.88. The van der Waals surface area contributed by atoms with Crippen LogP contribution in [-0.4, -0.2) is 13.1 Å². The van der Waals surface area contributed by atoms with Crippen LogP contribution < -0.4 is 0 Å². The van der Waals surface area contributed by atoms with Crippen LogP contribution in [0.3, 0.4) is 0 Å². The van der Waals surface area contributed by atoms with Crippen LogP contribution >= 0.6 is 0 Å². The highest BCUT2D eigenvalue weighted by Crippen LogP contribution is 1.88. The van der Waals surface area contributed by atoms with Crippen LogP contribution in [0.25, 0.3) is 0 Å². The predicted octanol–water partition coefficient (Wildman–Crippen LogP) is 1.90. The fraction of sp³-hybridized carbons (Fsp3) is 0.556. The lowest BCUT2D eigenvalue weighted by molar-refractivity contribution is -0.129. The molecule has 0 bridgehead atoms. The van der Waals surface area contributed by atoms with Crippen LogP contribution in [0.15, 0.2) is 12.2 Å². The Kier molecular flexibility index (Phi) is 10.8. The van der Waals surface area contributed by atoms with Gasteiger partial charge in [0.25, 0.3) is 6.47 Å². The molecule has 0 radical (unpaired) electrons. The lowest BCUT2D eigenvalue weighted by atomic mass is 10.2. The molecule has 0 atom stereocenters. The van der Waals surface area contributed by atoms with Crippen LogP contribution in [0, 0.1) is 17.2 Å². The number of carbonyl (C=O) groups is 1. The highest BCUT2D eigenvalue weighted by molar-refractivity contribution is 5.36. The summed E-state index contributed by atoms with van der Waals surface area (Å²) in [6, 6.07) is 1.83. The molecule has 0 aliphatic rings. The summed E-state index contributed by atoms with van der Waals surface area (Å²) in [5.74, 6) is 0.449. The first-order chi connectivity index (χ1) is 5.54. The Bertz CT molecular complexity index is 168. The van der Waals surface area contributed by atoms with Crippen molar-refractivity contribution in [2.45, 2.75) is 20.8 Å². The smallest absolute Gasteiger partial charge is 0.293 e. The van der Waals surface area contributed by atoms with Crippen molar-refractivity contribution in [3.63, 3.8) is 0 Å². The summed E-state index contributed by atoms with van der Waals surface area (Å²) in [5.41, 5.74) is 0.560. The number of ether oxygens (including phenoxy) is 1. The van der Waals surface area contributed by atoms with Gasteiger partial charge in [-0.2, -0.15) is 5.26 Å². The van der Waals surface area contributed by atoms with Gasteiger partial charge in [0.1, 0.15) is 0 Å². The minimum Gasteiger partial charge on any atom is -0.468 e. The molecule has 3 heteroatoms. The fourth-order valence-electron chi connectivity index (χ4n) is 0.232. The van der Waals surface area contributed by atoms with E-state index in [1.165, 1.54) is 0 Å². The topological polar surface area (TPSA) is 50.1 Å². The van der Waals surface area contributed by atoms with Crippen molar-refractivity contribution >= 4 is 6.47 Å². The van der Waals surface area contributed by atoms with Crippen LogP contribution in [0.5, 0.6) is 0 Å². The maximum absolute atomic E-state index is 9.49. The Labute approximate surface area is 73.6 Å². The first-order valence-corrected chi connectivity index (χ1v) is 3.65. The third-order valence-electron chi connectivity index (χ3n) is 0.688. The zero-order chi connectivity index (χ0) is 9.98. The van der Waals surface area contributed by atoms with Gasteiger partial charge in [0, 0.05) is 5.57 Å². The minimum absolute atomic E-state index is 0.449. The van der Waals surface area contributed by atoms with Crippen molar-refractivity contribution in [3.05, 3.63) is 12.2 Å². The normalized spacial score (nSPS) is 7.58. The Balaban J connectivity index is 0. The molecule has 0 saturated heterocycles. The van der Waals surface area contributed by atoms with Crippen molar-refractivity contribution in [2.75, 3.05) is 6.61 Å². The SMILES string of the molecule is C=C(C)C#N.CC(C)COC=O. The molecule has 0 fully saturated rings. The van der Waals surface area contributed by atoms with Gasteiger partial charge in [-0.05, 0) is 12.8 Å². The summed E-state index contributed by atoms with van der Waals surface area (Å²) in [6.07, 6.45) is 0. The second-order valence-corrected chi connectivity index (χ2v) is 2.72. The average Bonchev–Trinajstić information content (AvgIpc) is 2.02. The standard InChI is InChI=1S/C5H10O2.C4H5N/c1-5(2)3-7-4-6;1-4(2)3-5/h4-5H,3H2,1-2H3;1H2,2H3. The van der Waals surface area contributed by atoms with Crippen molar-refractivity contribution in [1.29, 1.82) is 5.26 Å². The predicted molar refractivity (Wildman–Crippen MR) is 47.3 cm³/mol. The molecule has 12 heavy (non-hydrogen) atoms. The number of nitriles is 1. The first-order valence-electron chi connectivity index (χ1n) is 3.65. The molecule has 0 rings (SSSR count). The lowest BCUT2D eigenvalue weighted by Gasteiger charge is -1.98. The van der Waals surface area contributed by atoms with Gasteiger partial charge in [-0.15, -0.1) is 0 Å². The number of nitrogens with zero attached hydrogens (tertiary/aromatic N) is 1. The second kappa shape index (κ2) is 9.70. The molecule has 0 amide bonds. The van der Waals surface area contributed by atoms with E-state index < -0.39 is 0 Å². The van der Waals surface area contributed by atoms with Crippen LogP contribution in [0.1, 0.15) is 20.8 Å². The molecule has 0 saturated carbocycles. The van der Waals surface area contributed by atoms with E-state index in [0.29, 0.717) is 24.6 Å². The third kappa shape index (κ3) is 23.4. The zero-order valence-corrected chi connectivity index (χ0v) is 7.83. The Hall–Kier alpha value is -1.30. The van der Waals surface area contributed by atoms with E-state index >= 15 is 0 Å². The molecule has 0 aliphatic carbocycles. The summed E-state index contributed by atoms with van der Waals surface area (Å²) < 4.78 is 4.41. The maximum atomic E-state index is 9.49. The van der Waals surface area contributed by atoms with Crippen LogP contribution in [-0.2, 0) is 9.53 Å². The van der Waals surface area contributed by atoms with E-state index in [1.807, 2.05) is 19.9 Å². The number of carbonyl (C=O) groups excluding carboxylic acids is 1. The average molecular weight is 169 g/mol. The minimum atomic E-state index is 0.449. The third-order valence-corrected chi connectivity index (χ3v) is 0.688. The zero-order valence-electron chi connectivity index (χ0n) is 7.83. The van der Waals surface area contributed by atoms with Crippen molar-refractivity contribution in [2.24, 2.45) is 5.92 Å². The number of rotatable bonds is 3. The maximum Gasteiger partial charge on any atom is 0.293 e. The Morgan fingerprint density at radius 1 is 1.75 bits per heavy atom. The second-order valence-electron chi connectivity index (χ2n) is 2.72. The van der Waals surface area contributed by atoms with Gasteiger partial charge in [0.05, 0.1) is 12.7 Å². The van der Waals surface area contributed by atoms with Crippen molar-refractivity contribution in [1.82, 2.24) is 0 Å². The van der Waals surface area contributed by atoms with Gasteiger partial charge < -0.3 is 4.74 Å². The molecule has 0 aliphatic heterocycles. The number of hydrogen-bond acceptors (Lipinski definition) is 3. The first kappa shape index (κ1) is 13.3. The van der Waals surface area contributed by atoms with Gasteiger partial charge in [-0.25, -0.2) is 0 Å². The van der Waals surface area contributed by atoms with Gasteiger partial charge in [-0.1, -0.05) is 20.4 Å². The van der Waals surface area contributed by atoms with E-state index in [4.69, 9.17) is 5.26 Å². The summed E-state index contributed by atoms with van der Waals surface area (Å²) in [7, 11) is 0. The number of allylic oxidation sites excluding steroid dienone is 1. The van der Waals surface area contributed by atoms with Gasteiger partial charge in [-0.3, -0.25) is 4.79 Å². The Morgan fingerprint density at radius 2 is 2.17 bits per heavy atom. The summed E-state index contributed by atoms with van der Waals surface area (Å²) in [5, 5.41) is 7.79. The van der Waals surface area contributed by atoms with Crippen LogP contribution in [0.2, 0.25) is 0 Å². The van der Waals surface area contributed by atoms with E-state index in [2.05, 4.69) is 11.3 Å². The Morgan fingerprint density at radius 3 is 2.25 bits per heavy atom. The lowest BCUT2D eigenvalue weighted by Crippen LogP contribution is -1.98. The quantitative estimate of drug-likeness (QED) is 0.479. The van der Waals surface area contributed by atoms with E-state index in [1.54, 1.807) is 6.92 Å². The summed E-state index contributed by atoms with van der Waals surface area (Å²) >= 11 is 0. The van der Waals surface area contributed by atoms with Gasteiger partial charge in [0.2, 0.25) is 0 Å². The highest BCUT2D eigenvalue weighted by atomic mass is 16.5. The van der Waals surface area contributed by atoms with E-state index in [-0.39, 0.29) is 0 Å². The fourth-order valence-corrected chi connectivity index (χ4v) is 0.232. The molecule has 0 heterocycles. The summed E-state index contributed by atoms with van der Waals surface area (Å²) in [4.78, 5) is 9.49. The summed E-state index contributed by atoms with van der Waals surface area (Å²) in [6.45, 7) is 9.96. The van der Waals surface area contributed by atoms with Gasteiger partial charge in [0.15, 0.2) is 0 Å². The van der Waals surface area contributed by atoms with Crippen molar-refractivity contribution in [3.8, 4) is 6.07 Å². The molecule has 0 aromatic carbocycles. The monoisotopic (exact) mass is 169 g/mol. The van der Waals surface area contributed by atoms with Gasteiger partial charge >= 0.3 is 0 Å². The van der Waals surface area contributed by atoms with Crippen molar-refractivity contribution < 1.29 is 9.53 Å². The van der Waals surface area contributed by atoms with E-state index in [0.717, 1.165) is 0 Å². The molecule has 0 spiro atoms. The molecule has 0 unspecified atom stereocenters. The number of hydrogen-bond donors (Lipinski definition) is 0. The molecule has 68 valence electrons. The molecule has 0 aromatic rings.